The van der Waals surface area contributed by atoms with Crippen LogP contribution < -0.4 is 0 Å². The third-order valence-electron chi connectivity index (χ3n) is 1.80. The molecule has 1 aromatic rings. The molecule has 0 saturated heterocycles. The van der Waals surface area contributed by atoms with Crippen LogP contribution in [0.3, 0.4) is 0 Å². The Hall–Kier alpha value is -1.71. The molecule has 0 aliphatic carbocycles. The molecule has 0 unspecified atom stereocenters. The van der Waals surface area contributed by atoms with Crippen molar-refractivity contribution in [2.24, 2.45) is 4.99 Å². The zero-order valence-corrected chi connectivity index (χ0v) is 6.90. The molecule has 0 spiro atoms. The van der Waals surface area contributed by atoms with E-state index in [2.05, 4.69) is 4.99 Å². The summed E-state index contributed by atoms with van der Waals surface area (Å²) in [5.41, 5.74) is 0.442. The Bertz CT molecular complexity index is 360. The van der Waals surface area contributed by atoms with Crippen LogP contribution in [-0.4, -0.2) is 29.3 Å². The van der Waals surface area contributed by atoms with Gasteiger partial charge in [0, 0.05) is 0 Å². The van der Waals surface area contributed by atoms with Crippen LogP contribution in [0.5, 0.6) is 11.5 Å². The van der Waals surface area contributed by atoms with Gasteiger partial charge in [0.05, 0.1) is 12.1 Å². The molecule has 0 fully saturated rings. The van der Waals surface area contributed by atoms with Gasteiger partial charge in [0.25, 0.3) is 0 Å². The molecule has 1 heterocycles. The fourth-order valence-corrected chi connectivity index (χ4v) is 1.19. The normalized spacial score (nSPS) is 15.2. The van der Waals surface area contributed by atoms with E-state index in [0.29, 0.717) is 24.6 Å². The number of ether oxygens (including phenoxy) is 1. The van der Waals surface area contributed by atoms with Gasteiger partial charge in [0.15, 0.2) is 0 Å². The Morgan fingerprint density at radius 3 is 2.85 bits per heavy atom. The molecule has 4 heteroatoms. The van der Waals surface area contributed by atoms with Crippen molar-refractivity contribution in [3.8, 4) is 11.5 Å². The summed E-state index contributed by atoms with van der Waals surface area (Å²) in [6, 6.07) is 4.25. The van der Waals surface area contributed by atoms with Gasteiger partial charge in [-0.1, -0.05) is 0 Å². The maximum Gasteiger partial charge on any atom is 0.220 e. The van der Waals surface area contributed by atoms with Gasteiger partial charge < -0.3 is 14.9 Å². The largest absolute Gasteiger partial charge is 0.508 e. The Morgan fingerprint density at radius 1 is 1.31 bits per heavy atom. The number of rotatable bonds is 1. The minimum atomic E-state index is 0.0680. The second-order valence-corrected chi connectivity index (χ2v) is 2.74. The molecular formula is C9H9NO3. The SMILES string of the molecule is Oc1ccc(O)c(C2=NCCO2)c1. The van der Waals surface area contributed by atoms with Gasteiger partial charge in [0.1, 0.15) is 18.1 Å². The highest BCUT2D eigenvalue weighted by Gasteiger charge is 2.14. The van der Waals surface area contributed by atoms with Crippen molar-refractivity contribution in [1.29, 1.82) is 0 Å². The van der Waals surface area contributed by atoms with Crippen molar-refractivity contribution in [2.75, 3.05) is 13.2 Å². The molecule has 4 nitrogen and oxygen atoms in total. The molecule has 0 bridgehead atoms. The predicted octanol–water partition coefficient (Wildman–Crippen LogP) is 0.875. The van der Waals surface area contributed by atoms with Gasteiger partial charge >= 0.3 is 0 Å². The molecule has 68 valence electrons. The van der Waals surface area contributed by atoms with Gasteiger partial charge in [-0.15, -0.1) is 0 Å². The van der Waals surface area contributed by atoms with E-state index in [-0.39, 0.29) is 11.5 Å². The standard InChI is InChI=1S/C9H9NO3/c11-6-1-2-8(12)7(5-6)9-10-3-4-13-9/h1-2,5,11-12H,3-4H2. The van der Waals surface area contributed by atoms with Gasteiger partial charge in [-0.25, -0.2) is 4.99 Å². The minimum Gasteiger partial charge on any atom is -0.508 e. The molecule has 1 aliphatic heterocycles. The van der Waals surface area contributed by atoms with Crippen molar-refractivity contribution in [2.45, 2.75) is 0 Å². The van der Waals surface area contributed by atoms with Gasteiger partial charge in [-0.05, 0) is 18.2 Å². The average Bonchev–Trinajstić information content (AvgIpc) is 2.61. The topological polar surface area (TPSA) is 62.0 Å². The highest BCUT2D eigenvalue weighted by Crippen LogP contribution is 2.24. The molecule has 1 aromatic carbocycles. The molecule has 0 aromatic heterocycles. The fraction of sp³-hybridized carbons (Fsp3) is 0.222. The van der Waals surface area contributed by atoms with E-state index in [1.807, 2.05) is 0 Å². The summed E-state index contributed by atoms with van der Waals surface area (Å²) in [4.78, 5) is 4.03. The summed E-state index contributed by atoms with van der Waals surface area (Å²) in [7, 11) is 0. The number of benzene rings is 1. The smallest absolute Gasteiger partial charge is 0.220 e. The van der Waals surface area contributed by atoms with E-state index in [1.54, 1.807) is 0 Å². The maximum atomic E-state index is 9.42. The highest BCUT2D eigenvalue weighted by atomic mass is 16.5. The summed E-state index contributed by atoms with van der Waals surface area (Å²) >= 11 is 0. The van der Waals surface area contributed by atoms with Crippen molar-refractivity contribution in [1.82, 2.24) is 0 Å². The Balaban J connectivity index is 2.43. The van der Waals surface area contributed by atoms with E-state index in [0.717, 1.165) is 0 Å². The lowest BCUT2D eigenvalue weighted by Crippen LogP contribution is -2.00. The molecule has 2 N–H and O–H groups in total. The third-order valence-corrected chi connectivity index (χ3v) is 1.80. The van der Waals surface area contributed by atoms with Crippen LogP contribution in [0, 0.1) is 0 Å². The van der Waals surface area contributed by atoms with Crippen LogP contribution in [0.15, 0.2) is 23.2 Å². The molecule has 0 saturated carbocycles. The highest BCUT2D eigenvalue weighted by molar-refractivity contribution is 5.97. The molecule has 0 amide bonds. The van der Waals surface area contributed by atoms with Gasteiger partial charge in [-0.3, -0.25) is 0 Å². The van der Waals surface area contributed by atoms with E-state index >= 15 is 0 Å². The average molecular weight is 179 g/mol. The Kier molecular flexibility index (Phi) is 1.81. The number of aromatic hydroxyl groups is 2. The first kappa shape index (κ1) is 7.91. The van der Waals surface area contributed by atoms with E-state index in [4.69, 9.17) is 4.74 Å². The zero-order chi connectivity index (χ0) is 9.26. The summed E-state index contributed by atoms with van der Waals surface area (Å²) in [5, 5.41) is 18.6. The first-order valence-corrected chi connectivity index (χ1v) is 3.97. The van der Waals surface area contributed by atoms with Crippen LogP contribution >= 0.6 is 0 Å². The molecule has 0 radical (unpaired) electrons. The second kappa shape index (κ2) is 2.97. The van der Waals surface area contributed by atoms with Crippen LogP contribution in [-0.2, 0) is 4.74 Å². The van der Waals surface area contributed by atoms with Crippen molar-refractivity contribution >= 4 is 5.90 Å². The Labute approximate surface area is 75.1 Å². The van der Waals surface area contributed by atoms with Gasteiger partial charge in [-0.2, -0.15) is 0 Å². The maximum absolute atomic E-state index is 9.42. The molecule has 2 rings (SSSR count). The van der Waals surface area contributed by atoms with Crippen molar-refractivity contribution in [3.05, 3.63) is 23.8 Å². The third kappa shape index (κ3) is 1.42. The minimum absolute atomic E-state index is 0.0680. The lowest BCUT2D eigenvalue weighted by atomic mass is 10.2. The number of nitrogens with zero attached hydrogens (tertiary/aromatic N) is 1. The predicted molar refractivity (Wildman–Crippen MR) is 47.1 cm³/mol. The molecular weight excluding hydrogens is 170 g/mol. The van der Waals surface area contributed by atoms with E-state index in [9.17, 15) is 10.2 Å². The van der Waals surface area contributed by atoms with Crippen LogP contribution in [0.4, 0.5) is 0 Å². The van der Waals surface area contributed by atoms with E-state index < -0.39 is 0 Å². The quantitative estimate of drug-likeness (QED) is 0.629. The summed E-state index contributed by atoms with van der Waals surface area (Å²) in [5.74, 6) is 0.554. The Morgan fingerprint density at radius 2 is 2.15 bits per heavy atom. The number of hydrogen-bond acceptors (Lipinski definition) is 4. The number of phenolic OH excluding ortho intramolecular Hbond substituents is 2. The number of hydrogen-bond donors (Lipinski definition) is 2. The summed E-state index contributed by atoms with van der Waals surface area (Å²) in [6.07, 6.45) is 0. The van der Waals surface area contributed by atoms with Crippen LogP contribution in [0.1, 0.15) is 5.56 Å². The first-order chi connectivity index (χ1) is 6.27. The molecule has 13 heavy (non-hydrogen) atoms. The second-order valence-electron chi connectivity index (χ2n) is 2.74. The zero-order valence-electron chi connectivity index (χ0n) is 6.90. The van der Waals surface area contributed by atoms with E-state index in [1.165, 1.54) is 18.2 Å². The molecule has 1 aliphatic rings. The lowest BCUT2D eigenvalue weighted by molar-refractivity contribution is 0.346. The van der Waals surface area contributed by atoms with Gasteiger partial charge in [0.2, 0.25) is 5.90 Å². The molecule has 0 atom stereocenters. The summed E-state index contributed by atoms with van der Waals surface area (Å²) in [6.45, 7) is 1.13. The monoisotopic (exact) mass is 179 g/mol. The van der Waals surface area contributed by atoms with Crippen LogP contribution in [0.2, 0.25) is 0 Å². The number of phenols is 2. The first-order valence-electron chi connectivity index (χ1n) is 3.97. The number of aliphatic imine (C=N–C) groups is 1. The lowest BCUT2D eigenvalue weighted by Gasteiger charge is -2.04. The fourth-order valence-electron chi connectivity index (χ4n) is 1.19. The summed E-state index contributed by atoms with van der Waals surface area (Å²) < 4.78 is 5.15. The van der Waals surface area contributed by atoms with Crippen molar-refractivity contribution < 1.29 is 14.9 Å². The van der Waals surface area contributed by atoms with Crippen LogP contribution in [0.25, 0.3) is 0 Å². The van der Waals surface area contributed by atoms with Crippen molar-refractivity contribution in [3.63, 3.8) is 0 Å².